The lowest BCUT2D eigenvalue weighted by Gasteiger charge is -2.29. The van der Waals surface area contributed by atoms with Crippen LogP contribution in [0.15, 0.2) is 36.4 Å². The Labute approximate surface area is 182 Å². The fourth-order valence-corrected chi connectivity index (χ4v) is 3.25. The molecule has 0 aromatic heterocycles. The van der Waals surface area contributed by atoms with Gasteiger partial charge in [0.25, 0.3) is 5.91 Å². The number of ketones is 1. The Kier molecular flexibility index (Phi) is 6.95. The molecule has 0 bridgehead atoms. The first kappa shape index (κ1) is 22.3. The zero-order chi connectivity index (χ0) is 22.5. The molecule has 0 aliphatic carbocycles. The fourth-order valence-electron chi connectivity index (χ4n) is 3.25. The number of fused-ring (bicyclic) bond motifs is 1. The highest BCUT2D eigenvalue weighted by Gasteiger charge is 2.28. The molecule has 1 aliphatic heterocycles. The molecule has 1 heterocycles. The van der Waals surface area contributed by atoms with E-state index in [2.05, 4.69) is 5.32 Å². The summed E-state index contributed by atoms with van der Waals surface area (Å²) in [4.78, 5) is 38.7. The van der Waals surface area contributed by atoms with E-state index in [1.165, 1.54) is 4.90 Å². The van der Waals surface area contributed by atoms with Gasteiger partial charge in [0, 0.05) is 12.1 Å². The standard InChI is InChI=1S/C24H28N2O5/c1-15(2)11-25-23(28)12-26-19-10-18(6-8-22(19)31-14-24(26)29)20(27)13-30-21-7-5-16(3)9-17(21)4/h5-10,15H,11-14H2,1-4H3,(H,25,28). The molecule has 0 saturated heterocycles. The topological polar surface area (TPSA) is 84.9 Å². The summed E-state index contributed by atoms with van der Waals surface area (Å²) >= 11 is 0. The van der Waals surface area contributed by atoms with Crippen molar-refractivity contribution in [3.63, 3.8) is 0 Å². The molecule has 1 aliphatic rings. The number of anilines is 1. The first-order valence-electron chi connectivity index (χ1n) is 10.3. The van der Waals surface area contributed by atoms with Gasteiger partial charge in [-0.2, -0.15) is 0 Å². The molecule has 164 valence electrons. The number of carbonyl (C=O) groups is 3. The van der Waals surface area contributed by atoms with E-state index in [0.717, 1.165) is 11.1 Å². The van der Waals surface area contributed by atoms with Crippen LogP contribution >= 0.6 is 0 Å². The minimum absolute atomic E-state index is 0.126. The molecule has 0 fully saturated rings. The van der Waals surface area contributed by atoms with Crippen molar-refractivity contribution in [1.29, 1.82) is 0 Å². The van der Waals surface area contributed by atoms with E-state index in [-0.39, 0.29) is 37.4 Å². The molecular formula is C24H28N2O5. The largest absolute Gasteiger partial charge is 0.485 e. The van der Waals surface area contributed by atoms with E-state index in [9.17, 15) is 14.4 Å². The summed E-state index contributed by atoms with van der Waals surface area (Å²) in [5.41, 5.74) is 2.87. The number of nitrogens with one attached hydrogen (secondary N) is 1. The van der Waals surface area contributed by atoms with Crippen LogP contribution in [-0.2, 0) is 9.59 Å². The number of rotatable bonds is 8. The number of amides is 2. The molecule has 7 heteroatoms. The summed E-state index contributed by atoms with van der Waals surface area (Å²) in [6, 6.07) is 10.6. The summed E-state index contributed by atoms with van der Waals surface area (Å²) in [5.74, 6) is 0.595. The highest BCUT2D eigenvalue weighted by atomic mass is 16.5. The van der Waals surface area contributed by atoms with Crippen molar-refractivity contribution < 1.29 is 23.9 Å². The van der Waals surface area contributed by atoms with Crippen LogP contribution < -0.4 is 19.7 Å². The van der Waals surface area contributed by atoms with Gasteiger partial charge >= 0.3 is 0 Å². The van der Waals surface area contributed by atoms with Gasteiger partial charge in [-0.15, -0.1) is 0 Å². The first-order chi connectivity index (χ1) is 14.7. The molecule has 0 atom stereocenters. The van der Waals surface area contributed by atoms with Gasteiger partial charge in [-0.1, -0.05) is 31.5 Å². The number of hydrogen-bond acceptors (Lipinski definition) is 5. The Hall–Kier alpha value is -3.35. The highest BCUT2D eigenvalue weighted by Crippen LogP contribution is 2.33. The highest BCUT2D eigenvalue weighted by molar-refractivity contribution is 6.04. The maximum absolute atomic E-state index is 12.7. The van der Waals surface area contributed by atoms with Crippen molar-refractivity contribution in [1.82, 2.24) is 5.32 Å². The summed E-state index contributed by atoms with van der Waals surface area (Å²) < 4.78 is 11.2. The van der Waals surface area contributed by atoms with Crippen LogP contribution in [0.3, 0.4) is 0 Å². The van der Waals surface area contributed by atoms with Crippen molar-refractivity contribution in [3.8, 4) is 11.5 Å². The summed E-state index contributed by atoms with van der Waals surface area (Å²) in [5, 5.41) is 2.81. The van der Waals surface area contributed by atoms with Gasteiger partial charge < -0.3 is 14.8 Å². The molecule has 0 radical (unpaired) electrons. The lowest BCUT2D eigenvalue weighted by Crippen LogP contribution is -2.45. The molecule has 0 saturated carbocycles. The summed E-state index contributed by atoms with van der Waals surface area (Å²) in [7, 11) is 0. The molecular weight excluding hydrogens is 396 g/mol. The van der Waals surface area contributed by atoms with Crippen LogP contribution in [-0.4, -0.2) is 43.9 Å². The second kappa shape index (κ2) is 9.64. The Bertz CT molecular complexity index is 999. The molecule has 3 rings (SSSR count). The SMILES string of the molecule is Cc1ccc(OCC(=O)c2ccc3c(c2)N(CC(=O)NCC(C)C)C(=O)CO3)c(C)c1. The van der Waals surface area contributed by atoms with Crippen LogP contribution in [0.25, 0.3) is 0 Å². The van der Waals surface area contributed by atoms with Gasteiger partial charge in [-0.3, -0.25) is 19.3 Å². The zero-order valence-corrected chi connectivity index (χ0v) is 18.4. The molecule has 2 aromatic rings. The summed E-state index contributed by atoms with van der Waals surface area (Å²) in [6.07, 6.45) is 0. The average molecular weight is 424 g/mol. The van der Waals surface area contributed by atoms with Crippen molar-refractivity contribution in [2.45, 2.75) is 27.7 Å². The quantitative estimate of drug-likeness (QED) is 0.659. The molecule has 0 spiro atoms. The number of hydrogen-bond donors (Lipinski definition) is 1. The molecule has 1 N–H and O–H groups in total. The number of nitrogens with zero attached hydrogens (tertiary/aromatic N) is 1. The second-order valence-electron chi connectivity index (χ2n) is 8.13. The number of Topliss-reactive ketones (excluding diaryl/α,β-unsaturated/α-hetero) is 1. The van der Waals surface area contributed by atoms with Crippen LogP contribution in [0.5, 0.6) is 11.5 Å². The smallest absolute Gasteiger partial charge is 0.265 e. The van der Waals surface area contributed by atoms with Gasteiger partial charge in [-0.25, -0.2) is 0 Å². The van der Waals surface area contributed by atoms with Gasteiger partial charge in [-0.05, 0) is 49.6 Å². The Balaban J connectivity index is 1.73. The van der Waals surface area contributed by atoms with Crippen molar-refractivity contribution in [2.75, 3.05) is 31.2 Å². The summed E-state index contributed by atoms with van der Waals surface area (Å²) in [6.45, 7) is 8.03. The van der Waals surface area contributed by atoms with E-state index < -0.39 is 0 Å². The van der Waals surface area contributed by atoms with E-state index in [4.69, 9.17) is 9.47 Å². The minimum Gasteiger partial charge on any atom is -0.485 e. The van der Waals surface area contributed by atoms with Crippen molar-refractivity contribution in [2.24, 2.45) is 5.92 Å². The zero-order valence-electron chi connectivity index (χ0n) is 18.4. The van der Waals surface area contributed by atoms with Gasteiger partial charge in [0.2, 0.25) is 5.91 Å². The maximum Gasteiger partial charge on any atom is 0.265 e. The lowest BCUT2D eigenvalue weighted by atomic mass is 10.1. The van der Waals surface area contributed by atoms with E-state index in [1.807, 2.05) is 45.9 Å². The number of benzene rings is 2. The third-order valence-electron chi connectivity index (χ3n) is 4.92. The van der Waals surface area contributed by atoms with E-state index in [1.54, 1.807) is 18.2 Å². The Morgan fingerprint density at radius 2 is 1.94 bits per heavy atom. The molecule has 0 unspecified atom stereocenters. The van der Waals surface area contributed by atoms with Crippen LogP contribution in [0, 0.1) is 19.8 Å². The molecule has 31 heavy (non-hydrogen) atoms. The third kappa shape index (κ3) is 5.63. The molecule has 2 amide bonds. The number of ether oxygens (including phenoxy) is 2. The second-order valence-corrected chi connectivity index (χ2v) is 8.13. The Morgan fingerprint density at radius 1 is 1.16 bits per heavy atom. The van der Waals surface area contributed by atoms with Crippen LogP contribution in [0.4, 0.5) is 5.69 Å². The predicted octanol–water partition coefficient (Wildman–Crippen LogP) is 3.06. The molecule has 2 aromatic carbocycles. The van der Waals surface area contributed by atoms with Gasteiger partial charge in [0.1, 0.15) is 18.0 Å². The first-order valence-corrected chi connectivity index (χ1v) is 10.3. The predicted molar refractivity (Wildman–Crippen MR) is 118 cm³/mol. The Morgan fingerprint density at radius 3 is 2.65 bits per heavy atom. The number of aryl methyl sites for hydroxylation is 2. The van der Waals surface area contributed by atoms with Crippen molar-refractivity contribution in [3.05, 3.63) is 53.1 Å². The lowest BCUT2D eigenvalue weighted by molar-refractivity contribution is -0.125. The maximum atomic E-state index is 12.7. The van der Waals surface area contributed by atoms with Crippen molar-refractivity contribution >= 4 is 23.3 Å². The third-order valence-corrected chi connectivity index (χ3v) is 4.92. The minimum atomic E-state index is -0.330. The monoisotopic (exact) mass is 424 g/mol. The normalized spacial score (nSPS) is 12.9. The van der Waals surface area contributed by atoms with E-state index in [0.29, 0.717) is 35.2 Å². The van der Waals surface area contributed by atoms with Crippen LogP contribution in [0.2, 0.25) is 0 Å². The average Bonchev–Trinajstić information content (AvgIpc) is 2.73. The van der Waals surface area contributed by atoms with Gasteiger partial charge in [0.15, 0.2) is 19.0 Å². The van der Waals surface area contributed by atoms with Crippen LogP contribution in [0.1, 0.15) is 35.3 Å². The van der Waals surface area contributed by atoms with E-state index >= 15 is 0 Å². The fraction of sp³-hybridized carbons (Fsp3) is 0.375. The molecule has 7 nitrogen and oxygen atoms in total. The number of carbonyl (C=O) groups excluding carboxylic acids is 3. The van der Waals surface area contributed by atoms with Gasteiger partial charge in [0.05, 0.1) is 5.69 Å².